The minimum Gasteiger partial charge on any atom is -0.343 e. The van der Waals surface area contributed by atoms with Crippen LogP contribution >= 0.6 is 0 Å². The summed E-state index contributed by atoms with van der Waals surface area (Å²) in [6, 6.07) is 11.4. The zero-order chi connectivity index (χ0) is 14.8. The molecule has 0 heterocycles. The molecule has 0 radical (unpaired) electrons. The highest BCUT2D eigenvalue weighted by Crippen LogP contribution is 2.21. The van der Waals surface area contributed by atoms with Crippen LogP contribution in [0.1, 0.15) is 29.8 Å². The monoisotopic (exact) mass is 275 g/mol. The Morgan fingerprint density at radius 3 is 2.25 bits per heavy atom. The van der Waals surface area contributed by atoms with Crippen LogP contribution in [0.4, 0.5) is 8.78 Å². The third-order valence-electron chi connectivity index (χ3n) is 3.08. The van der Waals surface area contributed by atoms with Gasteiger partial charge in [-0.25, -0.2) is 8.78 Å². The molecule has 0 saturated heterocycles. The molecule has 0 saturated carbocycles. The number of benzene rings is 2. The smallest absolute Gasteiger partial charge is 0.252 e. The van der Waals surface area contributed by atoms with Gasteiger partial charge in [0.2, 0.25) is 0 Å². The van der Waals surface area contributed by atoms with Crippen molar-refractivity contribution in [2.45, 2.75) is 19.4 Å². The third kappa shape index (κ3) is 3.20. The quantitative estimate of drug-likeness (QED) is 0.910. The minimum absolute atomic E-state index is 0.250. The van der Waals surface area contributed by atoms with Gasteiger partial charge in [0.05, 0.1) is 5.54 Å². The van der Waals surface area contributed by atoms with Crippen LogP contribution in [0.5, 0.6) is 0 Å². The Bertz CT molecular complexity index is 621. The normalized spacial score (nSPS) is 11.2. The van der Waals surface area contributed by atoms with E-state index in [-0.39, 0.29) is 17.3 Å². The largest absolute Gasteiger partial charge is 0.343 e. The summed E-state index contributed by atoms with van der Waals surface area (Å²) in [5, 5.41) is 2.81. The number of halogens is 2. The van der Waals surface area contributed by atoms with Gasteiger partial charge in [0.15, 0.2) is 0 Å². The first-order valence-corrected chi connectivity index (χ1v) is 6.22. The van der Waals surface area contributed by atoms with E-state index in [1.54, 1.807) is 32.0 Å². The van der Waals surface area contributed by atoms with Crippen molar-refractivity contribution in [1.29, 1.82) is 0 Å². The van der Waals surface area contributed by atoms with Gasteiger partial charge < -0.3 is 5.32 Å². The van der Waals surface area contributed by atoms with Gasteiger partial charge in [-0.2, -0.15) is 0 Å². The van der Waals surface area contributed by atoms with E-state index in [9.17, 15) is 13.6 Å². The number of amides is 1. The van der Waals surface area contributed by atoms with Crippen molar-refractivity contribution in [3.05, 3.63) is 71.3 Å². The molecular formula is C16H15F2NO. The van der Waals surface area contributed by atoms with Crippen LogP contribution in [0.15, 0.2) is 48.5 Å². The second kappa shape index (κ2) is 5.41. The van der Waals surface area contributed by atoms with Crippen LogP contribution in [-0.4, -0.2) is 5.91 Å². The highest BCUT2D eigenvalue weighted by Gasteiger charge is 2.23. The van der Waals surface area contributed by atoms with Gasteiger partial charge in [-0.3, -0.25) is 4.79 Å². The van der Waals surface area contributed by atoms with Gasteiger partial charge in [0, 0.05) is 5.56 Å². The summed E-state index contributed by atoms with van der Waals surface area (Å²) in [6.07, 6.45) is 0. The van der Waals surface area contributed by atoms with E-state index in [0.717, 1.165) is 5.56 Å². The lowest BCUT2D eigenvalue weighted by atomic mass is 9.94. The van der Waals surface area contributed by atoms with Gasteiger partial charge in [-0.15, -0.1) is 0 Å². The molecule has 0 atom stereocenters. The number of hydrogen-bond acceptors (Lipinski definition) is 1. The Morgan fingerprint density at radius 2 is 1.65 bits per heavy atom. The van der Waals surface area contributed by atoms with E-state index >= 15 is 0 Å². The highest BCUT2D eigenvalue weighted by atomic mass is 19.1. The average molecular weight is 275 g/mol. The standard InChI is InChI=1S/C16H15F2NO/c1-16(2,12-6-8-13(17)9-7-12)19-15(20)11-4-3-5-14(18)10-11/h3-10H,1-2H3,(H,19,20). The topological polar surface area (TPSA) is 29.1 Å². The van der Waals surface area contributed by atoms with E-state index in [1.807, 2.05) is 0 Å². The molecule has 0 aromatic heterocycles. The number of carbonyl (C=O) groups excluding carboxylic acids is 1. The fourth-order valence-electron chi connectivity index (χ4n) is 1.92. The van der Waals surface area contributed by atoms with E-state index < -0.39 is 11.4 Å². The summed E-state index contributed by atoms with van der Waals surface area (Å²) in [7, 11) is 0. The number of carbonyl (C=O) groups is 1. The van der Waals surface area contributed by atoms with Crippen LogP contribution in [0.25, 0.3) is 0 Å². The predicted octanol–water partition coefficient (Wildman–Crippen LogP) is 3.63. The zero-order valence-electron chi connectivity index (χ0n) is 11.3. The Balaban J connectivity index is 2.19. The molecule has 2 aromatic rings. The molecule has 1 amide bonds. The summed E-state index contributed by atoms with van der Waals surface area (Å²) in [5.41, 5.74) is 0.334. The van der Waals surface area contributed by atoms with E-state index in [4.69, 9.17) is 0 Å². The van der Waals surface area contributed by atoms with Crippen molar-refractivity contribution in [1.82, 2.24) is 5.32 Å². The SMILES string of the molecule is CC(C)(NC(=O)c1cccc(F)c1)c1ccc(F)cc1. The molecule has 0 bridgehead atoms. The first kappa shape index (κ1) is 14.2. The van der Waals surface area contributed by atoms with Crippen LogP contribution in [0.3, 0.4) is 0 Å². The van der Waals surface area contributed by atoms with Gasteiger partial charge in [-0.05, 0) is 49.7 Å². The van der Waals surface area contributed by atoms with E-state index in [2.05, 4.69) is 5.32 Å². The molecule has 0 unspecified atom stereocenters. The predicted molar refractivity (Wildman–Crippen MR) is 73.3 cm³/mol. The van der Waals surface area contributed by atoms with Crippen molar-refractivity contribution in [2.24, 2.45) is 0 Å². The van der Waals surface area contributed by atoms with Crippen molar-refractivity contribution in [2.75, 3.05) is 0 Å². The van der Waals surface area contributed by atoms with Crippen molar-refractivity contribution in [3.63, 3.8) is 0 Å². The highest BCUT2D eigenvalue weighted by molar-refractivity contribution is 5.94. The molecule has 104 valence electrons. The fourth-order valence-corrected chi connectivity index (χ4v) is 1.92. The minimum atomic E-state index is -0.683. The lowest BCUT2D eigenvalue weighted by Crippen LogP contribution is -2.41. The summed E-state index contributed by atoms with van der Waals surface area (Å²) >= 11 is 0. The lowest BCUT2D eigenvalue weighted by molar-refractivity contribution is 0.0911. The second-order valence-corrected chi connectivity index (χ2v) is 5.10. The summed E-state index contributed by atoms with van der Waals surface area (Å²) < 4.78 is 26.0. The molecule has 0 spiro atoms. The molecule has 2 aromatic carbocycles. The molecule has 0 aliphatic rings. The van der Waals surface area contributed by atoms with Crippen LogP contribution in [-0.2, 0) is 5.54 Å². The van der Waals surface area contributed by atoms with Gasteiger partial charge in [0.1, 0.15) is 11.6 Å². The zero-order valence-corrected chi connectivity index (χ0v) is 11.3. The van der Waals surface area contributed by atoms with E-state index in [0.29, 0.717) is 0 Å². The molecule has 2 rings (SSSR count). The fraction of sp³-hybridized carbons (Fsp3) is 0.188. The molecule has 20 heavy (non-hydrogen) atoms. The summed E-state index contributed by atoms with van der Waals surface area (Å²) in [6.45, 7) is 3.61. The summed E-state index contributed by atoms with van der Waals surface area (Å²) in [4.78, 5) is 12.1. The number of hydrogen-bond donors (Lipinski definition) is 1. The number of rotatable bonds is 3. The molecule has 1 N–H and O–H groups in total. The summed E-state index contributed by atoms with van der Waals surface area (Å²) in [5.74, 6) is -1.17. The van der Waals surface area contributed by atoms with Gasteiger partial charge >= 0.3 is 0 Å². The average Bonchev–Trinajstić information content (AvgIpc) is 2.38. The first-order chi connectivity index (χ1) is 9.38. The van der Waals surface area contributed by atoms with Crippen LogP contribution in [0, 0.1) is 11.6 Å². The van der Waals surface area contributed by atoms with Crippen molar-refractivity contribution >= 4 is 5.91 Å². The third-order valence-corrected chi connectivity index (χ3v) is 3.08. The Hall–Kier alpha value is -2.23. The molecule has 0 aliphatic heterocycles. The Labute approximate surface area is 116 Å². The molecule has 4 heteroatoms. The van der Waals surface area contributed by atoms with Gasteiger partial charge in [0.25, 0.3) is 5.91 Å². The second-order valence-electron chi connectivity index (χ2n) is 5.10. The molecule has 0 fully saturated rings. The van der Waals surface area contributed by atoms with Crippen molar-refractivity contribution < 1.29 is 13.6 Å². The van der Waals surface area contributed by atoms with Crippen molar-refractivity contribution in [3.8, 4) is 0 Å². The molecule has 2 nitrogen and oxygen atoms in total. The molecule has 0 aliphatic carbocycles. The van der Waals surface area contributed by atoms with Gasteiger partial charge in [-0.1, -0.05) is 18.2 Å². The first-order valence-electron chi connectivity index (χ1n) is 6.22. The number of nitrogens with one attached hydrogen (secondary N) is 1. The molecular weight excluding hydrogens is 260 g/mol. The van der Waals surface area contributed by atoms with E-state index in [1.165, 1.54) is 30.3 Å². The maximum Gasteiger partial charge on any atom is 0.252 e. The lowest BCUT2D eigenvalue weighted by Gasteiger charge is -2.27. The maximum absolute atomic E-state index is 13.1. The van der Waals surface area contributed by atoms with Crippen LogP contribution in [0.2, 0.25) is 0 Å². The van der Waals surface area contributed by atoms with Crippen LogP contribution < -0.4 is 5.32 Å². The Morgan fingerprint density at radius 1 is 1.00 bits per heavy atom. The maximum atomic E-state index is 13.1. The Kier molecular flexibility index (Phi) is 3.84.